The molecule has 2 aliphatic rings. The third kappa shape index (κ3) is 2.16. The normalized spacial score (nSPS) is 23.3. The average Bonchev–Trinajstić information content (AvgIpc) is 2.90. The molecule has 3 heterocycles. The zero-order chi connectivity index (χ0) is 15.9. The molecule has 5 nitrogen and oxygen atoms in total. The molecule has 0 aliphatic carbocycles. The Morgan fingerprint density at radius 3 is 2.74 bits per heavy atom. The second kappa shape index (κ2) is 5.45. The first-order valence-electron chi connectivity index (χ1n) is 7.56. The maximum Gasteiger partial charge on any atom is 0.198 e. The van der Waals surface area contributed by atoms with Gasteiger partial charge in [-0.05, 0) is 41.8 Å². The van der Waals surface area contributed by atoms with Crippen LogP contribution in [-0.4, -0.2) is 34.8 Å². The average molecular weight is 370 g/mol. The van der Waals surface area contributed by atoms with Gasteiger partial charge < -0.3 is 5.73 Å². The van der Waals surface area contributed by atoms with Crippen molar-refractivity contribution in [1.29, 1.82) is 0 Å². The molecular weight excluding hydrogens is 354 g/mol. The number of benzene rings is 1. The molecule has 1 aromatic carbocycles. The van der Waals surface area contributed by atoms with Crippen molar-refractivity contribution in [2.45, 2.75) is 12.0 Å². The summed E-state index contributed by atoms with van der Waals surface area (Å²) in [7, 11) is 0. The number of nitrogens with zero attached hydrogens (tertiary/aromatic N) is 4. The number of amidine groups is 1. The Bertz CT molecular complexity index is 802. The van der Waals surface area contributed by atoms with E-state index in [0.717, 1.165) is 40.9 Å². The van der Waals surface area contributed by atoms with E-state index < -0.39 is 5.54 Å². The minimum atomic E-state index is -0.697. The lowest BCUT2D eigenvalue weighted by molar-refractivity contribution is 0.531. The van der Waals surface area contributed by atoms with E-state index in [1.54, 1.807) is 12.4 Å². The fourth-order valence-corrected chi connectivity index (χ4v) is 3.68. The van der Waals surface area contributed by atoms with Crippen LogP contribution in [-0.2, 0) is 5.54 Å². The number of fused-ring (bicyclic) bond motifs is 1. The lowest BCUT2D eigenvalue weighted by Gasteiger charge is -2.32. The van der Waals surface area contributed by atoms with Crippen LogP contribution in [0.3, 0.4) is 0 Å². The number of hydrogen-bond acceptors (Lipinski definition) is 5. The molecule has 23 heavy (non-hydrogen) atoms. The number of hydrogen-bond donors (Lipinski definition) is 1. The minimum absolute atomic E-state index is 0.528. The maximum absolute atomic E-state index is 6.25. The molecule has 0 radical (unpaired) electrons. The summed E-state index contributed by atoms with van der Waals surface area (Å²) in [4.78, 5) is 15.8. The smallest absolute Gasteiger partial charge is 0.198 e. The summed E-state index contributed by atoms with van der Waals surface area (Å²) in [5.74, 6) is 1.44. The van der Waals surface area contributed by atoms with Crippen LogP contribution in [0.2, 0.25) is 0 Å². The van der Waals surface area contributed by atoms with Crippen molar-refractivity contribution < 1.29 is 0 Å². The molecule has 0 fully saturated rings. The maximum atomic E-state index is 6.25. The van der Waals surface area contributed by atoms with Crippen molar-refractivity contribution in [2.75, 3.05) is 13.1 Å². The van der Waals surface area contributed by atoms with Crippen LogP contribution in [0.1, 0.15) is 17.5 Å². The number of guanidine groups is 1. The van der Waals surface area contributed by atoms with Gasteiger partial charge in [0, 0.05) is 30.0 Å². The van der Waals surface area contributed by atoms with Gasteiger partial charge in [0.2, 0.25) is 0 Å². The molecule has 1 aromatic heterocycles. The summed E-state index contributed by atoms with van der Waals surface area (Å²) in [5, 5.41) is 0. The van der Waals surface area contributed by atoms with E-state index in [9.17, 15) is 0 Å². The Hall–Kier alpha value is -2.21. The molecule has 0 bridgehead atoms. The van der Waals surface area contributed by atoms with E-state index in [1.807, 2.05) is 29.2 Å². The van der Waals surface area contributed by atoms with Crippen molar-refractivity contribution in [3.63, 3.8) is 0 Å². The number of aliphatic imine (C=N–C) groups is 2. The van der Waals surface area contributed by atoms with Gasteiger partial charge in [-0.1, -0.05) is 28.1 Å². The Morgan fingerprint density at radius 1 is 1.13 bits per heavy atom. The summed E-state index contributed by atoms with van der Waals surface area (Å²) in [6.45, 7) is 1.66. The third-order valence-corrected chi connectivity index (χ3v) is 4.77. The number of halogens is 1. The first-order chi connectivity index (χ1) is 11.2. The first-order valence-corrected chi connectivity index (χ1v) is 8.35. The van der Waals surface area contributed by atoms with Gasteiger partial charge in [0.15, 0.2) is 11.5 Å². The van der Waals surface area contributed by atoms with Crippen LogP contribution < -0.4 is 5.73 Å². The van der Waals surface area contributed by atoms with Crippen LogP contribution in [0.5, 0.6) is 0 Å². The first kappa shape index (κ1) is 14.4. The predicted octanol–water partition coefficient (Wildman–Crippen LogP) is 2.52. The van der Waals surface area contributed by atoms with E-state index in [1.165, 1.54) is 0 Å². The zero-order valence-corrected chi connectivity index (χ0v) is 14.1. The summed E-state index contributed by atoms with van der Waals surface area (Å²) in [6, 6.07) is 12.1. The topological polar surface area (TPSA) is 66.9 Å². The highest BCUT2D eigenvalue weighted by molar-refractivity contribution is 9.10. The van der Waals surface area contributed by atoms with Gasteiger partial charge >= 0.3 is 0 Å². The van der Waals surface area contributed by atoms with E-state index in [2.05, 4.69) is 33.0 Å². The van der Waals surface area contributed by atoms with Gasteiger partial charge in [-0.25, -0.2) is 4.99 Å². The molecule has 0 saturated heterocycles. The number of rotatable bonds is 2. The predicted molar refractivity (Wildman–Crippen MR) is 94.4 cm³/mol. The molecule has 4 rings (SSSR count). The van der Waals surface area contributed by atoms with Crippen molar-refractivity contribution in [2.24, 2.45) is 15.7 Å². The lowest BCUT2D eigenvalue weighted by atomic mass is 9.82. The van der Waals surface area contributed by atoms with Crippen molar-refractivity contribution in [1.82, 2.24) is 9.88 Å². The van der Waals surface area contributed by atoms with Crippen molar-refractivity contribution in [3.05, 3.63) is 64.4 Å². The number of nitrogens with two attached hydrogens (primary N) is 1. The summed E-state index contributed by atoms with van der Waals surface area (Å²) in [6.07, 6.45) is 4.56. The summed E-state index contributed by atoms with van der Waals surface area (Å²) < 4.78 is 1.01. The Labute approximate surface area is 143 Å². The third-order valence-electron chi connectivity index (χ3n) is 4.28. The second-order valence-electron chi connectivity index (χ2n) is 5.64. The largest absolute Gasteiger partial charge is 0.369 e. The fraction of sp³-hybridized carbons (Fsp3) is 0.235. The van der Waals surface area contributed by atoms with Gasteiger partial charge in [0.05, 0.1) is 0 Å². The molecule has 2 aliphatic heterocycles. The zero-order valence-electron chi connectivity index (χ0n) is 12.5. The second-order valence-corrected chi connectivity index (χ2v) is 6.55. The van der Waals surface area contributed by atoms with Crippen LogP contribution in [0, 0.1) is 0 Å². The van der Waals surface area contributed by atoms with Crippen molar-refractivity contribution in [3.8, 4) is 0 Å². The SMILES string of the molecule is NC1=N[C@](c2ccncc2)(c2cccc(Br)c2)C2=NCCCN12. The molecule has 1 atom stereocenters. The molecule has 0 saturated carbocycles. The summed E-state index contributed by atoms with van der Waals surface area (Å²) >= 11 is 3.56. The quantitative estimate of drug-likeness (QED) is 0.884. The number of pyridine rings is 1. The van der Waals surface area contributed by atoms with Gasteiger partial charge in [0.25, 0.3) is 0 Å². The molecule has 2 aromatic rings. The Balaban J connectivity index is 2.01. The molecule has 0 amide bonds. The standard InChI is InChI=1S/C17H16BrN5/c18-14-4-1-3-13(11-14)17(12-5-8-20-9-6-12)15-21-7-2-10-23(15)16(19)22-17/h1,3-6,8-9,11H,2,7,10H2,(H2,19,22)/t17-/m1/s1. The van der Waals surface area contributed by atoms with E-state index in [-0.39, 0.29) is 0 Å². The van der Waals surface area contributed by atoms with Gasteiger partial charge in [0.1, 0.15) is 5.84 Å². The highest BCUT2D eigenvalue weighted by atomic mass is 79.9. The van der Waals surface area contributed by atoms with Gasteiger partial charge in [-0.2, -0.15) is 0 Å². The molecule has 0 unspecified atom stereocenters. The molecule has 2 N–H and O–H groups in total. The van der Waals surface area contributed by atoms with Crippen LogP contribution in [0.15, 0.2) is 63.2 Å². The minimum Gasteiger partial charge on any atom is -0.369 e. The fourth-order valence-electron chi connectivity index (χ4n) is 3.28. The lowest BCUT2D eigenvalue weighted by Crippen LogP contribution is -2.46. The monoisotopic (exact) mass is 369 g/mol. The highest BCUT2D eigenvalue weighted by Gasteiger charge is 2.49. The Morgan fingerprint density at radius 2 is 1.96 bits per heavy atom. The molecule has 6 heteroatoms. The van der Waals surface area contributed by atoms with E-state index >= 15 is 0 Å². The molecular formula is C17H16BrN5. The molecule has 116 valence electrons. The molecule has 0 spiro atoms. The van der Waals surface area contributed by atoms with E-state index in [0.29, 0.717) is 5.96 Å². The van der Waals surface area contributed by atoms with Crippen LogP contribution >= 0.6 is 15.9 Å². The van der Waals surface area contributed by atoms with Crippen molar-refractivity contribution >= 4 is 27.7 Å². The van der Waals surface area contributed by atoms with Gasteiger partial charge in [-0.15, -0.1) is 0 Å². The van der Waals surface area contributed by atoms with Crippen LogP contribution in [0.4, 0.5) is 0 Å². The number of aromatic nitrogens is 1. The highest BCUT2D eigenvalue weighted by Crippen LogP contribution is 2.41. The summed E-state index contributed by atoms with van der Waals surface area (Å²) in [5.41, 5.74) is 7.62. The van der Waals surface area contributed by atoms with Crippen LogP contribution in [0.25, 0.3) is 0 Å². The Kier molecular flexibility index (Phi) is 3.41. The van der Waals surface area contributed by atoms with Gasteiger partial charge in [-0.3, -0.25) is 14.9 Å². The van der Waals surface area contributed by atoms with E-state index in [4.69, 9.17) is 15.7 Å².